The maximum absolute atomic E-state index is 12.8. The summed E-state index contributed by atoms with van der Waals surface area (Å²) in [4.78, 5) is 14.6. The van der Waals surface area contributed by atoms with Crippen molar-refractivity contribution in [1.82, 2.24) is 10.2 Å². The lowest BCUT2D eigenvalue weighted by Crippen LogP contribution is -2.40. The largest absolute Gasteiger partial charge is 0.493 e. The average Bonchev–Trinajstić information content (AvgIpc) is 2.85. The molecule has 0 saturated heterocycles. The van der Waals surface area contributed by atoms with Gasteiger partial charge < -0.3 is 25.4 Å². The van der Waals surface area contributed by atoms with Crippen LogP contribution in [-0.4, -0.2) is 31.1 Å². The molecule has 168 valence electrons. The fourth-order valence-electron chi connectivity index (χ4n) is 3.31. The number of rotatable bonds is 11. The van der Waals surface area contributed by atoms with Crippen LogP contribution in [0.15, 0.2) is 78.9 Å². The number of carbonyl (C=O) groups is 1. The standard InChI is InChI=1S/C26H31N3O3/c1-31-25-17-23(13-14-24(25)32-20-22-11-6-3-7-12-22)19-29(16-8-15-27)26(30)28-18-21-9-4-2-5-10-21/h2-7,9-14,17H,8,15-16,18-20,27H2,1H3,(H,28,30). The number of ether oxygens (including phenoxy) is 2. The Hall–Kier alpha value is -3.51. The minimum Gasteiger partial charge on any atom is -0.493 e. The van der Waals surface area contributed by atoms with E-state index < -0.39 is 0 Å². The van der Waals surface area contributed by atoms with Gasteiger partial charge in [-0.2, -0.15) is 0 Å². The third kappa shape index (κ3) is 7.03. The molecule has 6 nitrogen and oxygen atoms in total. The first kappa shape index (κ1) is 23.2. The average molecular weight is 434 g/mol. The molecular weight excluding hydrogens is 402 g/mol. The van der Waals surface area contributed by atoms with Crippen molar-refractivity contribution in [3.05, 3.63) is 95.6 Å². The molecule has 0 heterocycles. The van der Waals surface area contributed by atoms with Crippen molar-refractivity contribution in [2.45, 2.75) is 26.1 Å². The molecule has 3 aromatic carbocycles. The fourth-order valence-corrected chi connectivity index (χ4v) is 3.31. The number of hydrogen-bond acceptors (Lipinski definition) is 4. The van der Waals surface area contributed by atoms with Crippen LogP contribution in [0.25, 0.3) is 0 Å². The molecule has 0 aliphatic heterocycles. The summed E-state index contributed by atoms with van der Waals surface area (Å²) in [6.45, 7) is 2.50. The topological polar surface area (TPSA) is 76.8 Å². The third-order valence-electron chi connectivity index (χ3n) is 5.04. The number of nitrogens with zero attached hydrogens (tertiary/aromatic N) is 1. The van der Waals surface area contributed by atoms with Crippen molar-refractivity contribution < 1.29 is 14.3 Å². The zero-order valence-electron chi connectivity index (χ0n) is 18.5. The van der Waals surface area contributed by atoms with Gasteiger partial charge in [-0.15, -0.1) is 0 Å². The van der Waals surface area contributed by atoms with Crippen molar-refractivity contribution in [3.63, 3.8) is 0 Å². The second-order valence-electron chi connectivity index (χ2n) is 7.47. The van der Waals surface area contributed by atoms with E-state index >= 15 is 0 Å². The highest BCUT2D eigenvalue weighted by Gasteiger charge is 2.15. The zero-order chi connectivity index (χ0) is 22.6. The van der Waals surface area contributed by atoms with E-state index in [2.05, 4.69) is 5.32 Å². The van der Waals surface area contributed by atoms with Crippen molar-refractivity contribution in [2.75, 3.05) is 20.2 Å². The molecule has 3 N–H and O–H groups in total. The van der Waals surface area contributed by atoms with E-state index in [1.54, 1.807) is 12.0 Å². The van der Waals surface area contributed by atoms with Gasteiger partial charge in [-0.25, -0.2) is 4.79 Å². The van der Waals surface area contributed by atoms with Crippen LogP contribution in [0.5, 0.6) is 11.5 Å². The molecule has 2 amide bonds. The molecule has 0 unspecified atom stereocenters. The minimum absolute atomic E-state index is 0.120. The number of hydrogen-bond donors (Lipinski definition) is 2. The van der Waals surface area contributed by atoms with Gasteiger partial charge in [-0.3, -0.25) is 0 Å². The van der Waals surface area contributed by atoms with Crippen LogP contribution >= 0.6 is 0 Å². The molecule has 6 heteroatoms. The number of urea groups is 1. The van der Waals surface area contributed by atoms with Gasteiger partial charge in [0.1, 0.15) is 6.61 Å². The van der Waals surface area contributed by atoms with Crippen LogP contribution in [0.4, 0.5) is 4.79 Å². The van der Waals surface area contributed by atoms with Gasteiger partial charge in [0.25, 0.3) is 0 Å². The van der Waals surface area contributed by atoms with E-state index in [-0.39, 0.29) is 6.03 Å². The summed E-state index contributed by atoms with van der Waals surface area (Å²) >= 11 is 0. The molecule has 3 rings (SSSR count). The molecular formula is C26H31N3O3. The van der Waals surface area contributed by atoms with Crippen LogP contribution in [0, 0.1) is 0 Å². The Morgan fingerprint density at radius 1 is 0.906 bits per heavy atom. The SMILES string of the molecule is COc1cc(CN(CCCN)C(=O)NCc2ccccc2)ccc1OCc1ccccc1. The van der Waals surface area contributed by atoms with Crippen molar-refractivity contribution in [1.29, 1.82) is 0 Å². The first-order valence-electron chi connectivity index (χ1n) is 10.8. The Morgan fingerprint density at radius 2 is 1.59 bits per heavy atom. The summed E-state index contributed by atoms with van der Waals surface area (Å²) in [5.41, 5.74) is 8.79. The molecule has 0 radical (unpaired) electrons. The second kappa shape index (κ2) is 12.4. The number of benzene rings is 3. The number of nitrogens with one attached hydrogen (secondary N) is 1. The van der Waals surface area contributed by atoms with Crippen molar-refractivity contribution >= 4 is 6.03 Å². The van der Waals surface area contributed by atoms with Gasteiger partial charge >= 0.3 is 6.03 Å². The van der Waals surface area contributed by atoms with Gasteiger partial charge in [-0.1, -0.05) is 66.7 Å². The first-order chi connectivity index (χ1) is 15.7. The lowest BCUT2D eigenvalue weighted by molar-refractivity contribution is 0.194. The van der Waals surface area contributed by atoms with Crippen LogP contribution in [0.3, 0.4) is 0 Å². The molecule has 0 fully saturated rings. The highest BCUT2D eigenvalue weighted by atomic mass is 16.5. The second-order valence-corrected chi connectivity index (χ2v) is 7.47. The smallest absolute Gasteiger partial charge is 0.317 e. The predicted molar refractivity (Wildman–Crippen MR) is 127 cm³/mol. The Morgan fingerprint density at radius 3 is 2.25 bits per heavy atom. The Labute approximate surface area is 190 Å². The molecule has 3 aromatic rings. The summed E-state index contributed by atoms with van der Waals surface area (Å²) in [6, 6.07) is 25.5. The van der Waals surface area contributed by atoms with E-state index in [4.69, 9.17) is 15.2 Å². The summed E-state index contributed by atoms with van der Waals surface area (Å²) in [5.74, 6) is 1.31. The molecule has 0 bridgehead atoms. The summed E-state index contributed by atoms with van der Waals surface area (Å²) in [7, 11) is 1.62. The fraction of sp³-hybridized carbons (Fsp3) is 0.269. The zero-order valence-corrected chi connectivity index (χ0v) is 18.5. The molecule has 0 spiro atoms. The molecule has 0 aliphatic rings. The first-order valence-corrected chi connectivity index (χ1v) is 10.8. The Bertz CT molecular complexity index is 965. The summed E-state index contributed by atoms with van der Waals surface area (Å²) in [5, 5.41) is 3.00. The van der Waals surface area contributed by atoms with Gasteiger partial charge in [0, 0.05) is 19.6 Å². The number of amides is 2. The van der Waals surface area contributed by atoms with Gasteiger partial charge in [-0.05, 0) is 41.8 Å². The molecule has 32 heavy (non-hydrogen) atoms. The molecule has 0 aliphatic carbocycles. The van der Waals surface area contributed by atoms with E-state index in [9.17, 15) is 4.79 Å². The van der Waals surface area contributed by atoms with Crippen LogP contribution in [-0.2, 0) is 19.7 Å². The van der Waals surface area contributed by atoms with Gasteiger partial charge in [0.05, 0.1) is 7.11 Å². The van der Waals surface area contributed by atoms with E-state index in [0.717, 1.165) is 23.1 Å². The summed E-state index contributed by atoms with van der Waals surface area (Å²) in [6.07, 6.45) is 0.730. The third-order valence-corrected chi connectivity index (χ3v) is 5.04. The molecule has 0 aromatic heterocycles. The molecule has 0 saturated carbocycles. The monoisotopic (exact) mass is 433 g/mol. The highest BCUT2D eigenvalue weighted by Crippen LogP contribution is 2.29. The quantitative estimate of drug-likeness (QED) is 0.472. The normalized spacial score (nSPS) is 10.4. The van der Waals surface area contributed by atoms with Crippen LogP contribution in [0.2, 0.25) is 0 Å². The number of carbonyl (C=O) groups excluding carboxylic acids is 1. The van der Waals surface area contributed by atoms with Crippen LogP contribution < -0.4 is 20.5 Å². The van der Waals surface area contributed by atoms with Gasteiger partial charge in [0.2, 0.25) is 0 Å². The maximum atomic E-state index is 12.8. The van der Waals surface area contributed by atoms with E-state index in [1.165, 1.54) is 0 Å². The predicted octanol–water partition coefficient (Wildman–Crippen LogP) is 4.33. The Kier molecular flexibility index (Phi) is 8.95. The summed E-state index contributed by atoms with van der Waals surface area (Å²) < 4.78 is 11.5. The lowest BCUT2D eigenvalue weighted by atomic mass is 10.1. The van der Waals surface area contributed by atoms with Gasteiger partial charge in [0.15, 0.2) is 11.5 Å². The van der Waals surface area contributed by atoms with Crippen LogP contribution in [0.1, 0.15) is 23.1 Å². The molecule has 0 atom stereocenters. The minimum atomic E-state index is -0.120. The van der Waals surface area contributed by atoms with Crippen molar-refractivity contribution in [2.24, 2.45) is 5.73 Å². The highest BCUT2D eigenvalue weighted by molar-refractivity contribution is 5.74. The van der Waals surface area contributed by atoms with E-state index in [0.29, 0.717) is 44.3 Å². The Balaban J connectivity index is 1.64. The maximum Gasteiger partial charge on any atom is 0.317 e. The number of methoxy groups -OCH3 is 1. The lowest BCUT2D eigenvalue weighted by Gasteiger charge is -2.24. The van der Waals surface area contributed by atoms with Crippen molar-refractivity contribution in [3.8, 4) is 11.5 Å². The van der Waals surface area contributed by atoms with E-state index in [1.807, 2.05) is 78.9 Å². The number of nitrogens with two attached hydrogens (primary N) is 1.